The molecule has 1 atom stereocenters. The zero-order chi connectivity index (χ0) is 16.0. The van der Waals surface area contributed by atoms with Gasteiger partial charge in [-0.05, 0) is 31.5 Å². The van der Waals surface area contributed by atoms with E-state index in [2.05, 4.69) is 0 Å². The normalized spacial score (nSPS) is 18.3. The highest BCUT2D eigenvalue weighted by Crippen LogP contribution is 2.39. The standard InChI is InChI=1S/C14H15F3O4/c1-7-5-9(19-8(2)14(15,16)17)11-10(6-7)20-13(3,4)21-12(11)18/h5-6,8H,1-4H3. The van der Waals surface area contributed by atoms with Crippen molar-refractivity contribution in [3.05, 3.63) is 23.3 Å². The number of benzene rings is 1. The summed E-state index contributed by atoms with van der Waals surface area (Å²) in [4.78, 5) is 12.0. The first-order chi connectivity index (χ1) is 9.49. The van der Waals surface area contributed by atoms with E-state index in [0.717, 1.165) is 6.92 Å². The molecule has 21 heavy (non-hydrogen) atoms. The van der Waals surface area contributed by atoms with Gasteiger partial charge in [-0.3, -0.25) is 0 Å². The van der Waals surface area contributed by atoms with Crippen LogP contribution in [-0.2, 0) is 4.74 Å². The molecule has 0 fully saturated rings. The Labute approximate surface area is 119 Å². The first kappa shape index (κ1) is 15.5. The maximum atomic E-state index is 12.6. The fourth-order valence-electron chi connectivity index (χ4n) is 1.91. The minimum Gasteiger partial charge on any atom is -0.480 e. The zero-order valence-electron chi connectivity index (χ0n) is 12.0. The van der Waals surface area contributed by atoms with Crippen molar-refractivity contribution in [1.29, 1.82) is 0 Å². The number of esters is 1. The third-order valence-corrected chi connectivity index (χ3v) is 2.87. The summed E-state index contributed by atoms with van der Waals surface area (Å²) < 4.78 is 53.2. The van der Waals surface area contributed by atoms with Crippen LogP contribution in [0.25, 0.3) is 0 Å². The van der Waals surface area contributed by atoms with Gasteiger partial charge in [0.2, 0.25) is 5.79 Å². The Balaban J connectivity index is 2.45. The number of carbonyl (C=O) groups is 1. The number of alkyl halides is 3. The van der Waals surface area contributed by atoms with Gasteiger partial charge >= 0.3 is 12.1 Å². The molecule has 4 nitrogen and oxygen atoms in total. The summed E-state index contributed by atoms with van der Waals surface area (Å²) in [6.45, 7) is 5.61. The average Bonchev–Trinajstić information content (AvgIpc) is 2.23. The van der Waals surface area contributed by atoms with Gasteiger partial charge in [-0.25, -0.2) is 4.79 Å². The molecule has 0 N–H and O–H groups in total. The molecule has 0 bridgehead atoms. The molecule has 1 aliphatic rings. The summed E-state index contributed by atoms with van der Waals surface area (Å²) in [7, 11) is 0. The lowest BCUT2D eigenvalue weighted by molar-refractivity contribution is -0.189. The van der Waals surface area contributed by atoms with E-state index in [0.29, 0.717) is 5.56 Å². The van der Waals surface area contributed by atoms with Gasteiger partial charge in [0.25, 0.3) is 0 Å². The van der Waals surface area contributed by atoms with E-state index in [1.165, 1.54) is 19.9 Å². The van der Waals surface area contributed by atoms with Crippen molar-refractivity contribution in [3.8, 4) is 11.5 Å². The molecular weight excluding hydrogens is 289 g/mol. The van der Waals surface area contributed by atoms with Crippen LogP contribution in [0.4, 0.5) is 13.2 Å². The van der Waals surface area contributed by atoms with Crippen LogP contribution in [0.15, 0.2) is 12.1 Å². The molecule has 0 saturated heterocycles. The number of ether oxygens (including phenoxy) is 3. The molecule has 7 heteroatoms. The Morgan fingerprint density at radius 3 is 2.43 bits per heavy atom. The van der Waals surface area contributed by atoms with E-state index in [1.807, 2.05) is 0 Å². The van der Waals surface area contributed by atoms with Crippen LogP contribution in [0.1, 0.15) is 36.7 Å². The van der Waals surface area contributed by atoms with E-state index in [-0.39, 0.29) is 17.1 Å². The summed E-state index contributed by atoms with van der Waals surface area (Å²) >= 11 is 0. The van der Waals surface area contributed by atoms with Crippen molar-refractivity contribution in [2.24, 2.45) is 0 Å². The number of aryl methyl sites for hydroxylation is 1. The quantitative estimate of drug-likeness (QED) is 0.783. The van der Waals surface area contributed by atoms with Gasteiger partial charge in [0.05, 0.1) is 0 Å². The third-order valence-electron chi connectivity index (χ3n) is 2.87. The van der Waals surface area contributed by atoms with Gasteiger partial charge in [0.1, 0.15) is 17.1 Å². The number of carbonyl (C=O) groups excluding carboxylic acids is 1. The van der Waals surface area contributed by atoms with Gasteiger partial charge in [0, 0.05) is 13.8 Å². The topological polar surface area (TPSA) is 44.8 Å². The van der Waals surface area contributed by atoms with Crippen molar-refractivity contribution in [3.63, 3.8) is 0 Å². The first-order valence-electron chi connectivity index (χ1n) is 6.30. The third kappa shape index (κ3) is 3.22. The second kappa shape index (κ2) is 4.82. The number of rotatable bonds is 2. The number of halogens is 3. The molecule has 0 amide bonds. The second-order valence-corrected chi connectivity index (χ2v) is 5.33. The molecule has 1 heterocycles. The molecular formula is C14H15F3O4. The fourth-order valence-corrected chi connectivity index (χ4v) is 1.91. The first-order valence-corrected chi connectivity index (χ1v) is 6.30. The predicted octanol–water partition coefficient (Wildman–Crippen LogP) is 3.61. The summed E-state index contributed by atoms with van der Waals surface area (Å²) in [5.41, 5.74) is 0.486. The van der Waals surface area contributed by atoms with E-state index in [4.69, 9.17) is 14.2 Å². The molecule has 2 rings (SSSR count). The van der Waals surface area contributed by atoms with Crippen molar-refractivity contribution in [2.45, 2.75) is 45.8 Å². The van der Waals surface area contributed by atoms with E-state index < -0.39 is 24.0 Å². The lowest BCUT2D eigenvalue weighted by atomic mass is 10.1. The van der Waals surface area contributed by atoms with Gasteiger partial charge in [-0.1, -0.05) is 0 Å². The highest BCUT2D eigenvalue weighted by atomic mass is 19.4. The Bertz CT molecular complexity index is 578. The van der Waals surface area contributed by atoms with Gasteiger partial charge in [0.15, 0.2) is 6.10 Å². The zero-order valence-corrected chi connectivity index (χ0v) is 12.0. The molecule has 0 saturated carbocycles. The maximum absolute atomic E-state index is 12.6. The van der Waals surface area contributed by atoms with Gasteiger partial charge in [-0.2, -0.15) is 13.2 Å². The maximum Gasteiger partial charge on any atom is 0.425 e. The number of cyclic esters (lactones) is 1. The second-order valence-electron chi connectivity index (χ2n) is 5.33. The van der Waals surface area contributed by atoms with Crippen LogP contribution in [0.2, 0.25) is 0 Å². The Morgan fingerprint density at radius 2 is 1.86 bits per heavy atom. The van der Waals surface area contributed by atoms with Crippen LogP contribution >= 0.6 is 0 Å². The van der Waals surface area contributed by atoms with E-state index in [1.54, 1.807) is 13.0 Å². The summed E-state index contributed by atoms with van der Waals surface area (Å²) in [5.74, 6) is -1.99. The smallest absolute Gasteiger partial charge is 0.425 e. The van der Waals surface area contributed by atoms with Crippen molar-refractivity contribution >= 4 is 5.97 Å². The molecule has 0 aromatic heterocycles. The minimum atomic E-state index is -4.53. The SMILES string of the molecule is Cc1cc(OC(C)C(F)(F)F)c2c(c1)OC(C)(C)OC2=O. The van der Waals surface area contributed by atoms with Crippen LogP contribution < -0.4 is 9.47 Å². The molecule has 0 spiro atoms. The lowest BCUT2D eigenvalue weighted by Crippen LogP contribution is -2.39. The highest BCUT2D eigenvalue weighted by molar-refractivity contribution is 5.96. The van der Waals surface area contributed by atoms with E-state index >= 15 is 0 Å². The monoisotopic (exact) mass is 304 g/mol. The number of fused-ring (bicyclic) bond motifs is 1. The van der Waals surface area contributed by atoms with Crippen molar-refractivity contribution in [1.82, 2.24) is 0 Å². The molecule has 1 aromatic rings. The van der Waals surface area contributed by atoms with Crippen molar-refractivity contribution < 1.29 is 32.2 Å². The Hall–Kier alpha value is -1.92. The summed E-state index contributed by atoms with van der Waals surface area (Å²) in [6.07, 6.45) is -6.58. The molecule has 1 aromatic carbocycles. The lowest BCUT2D eigenvalue weighted by Gasteiger charge is -2.33. The fraction of sp³-hybridized carbons (Fsp3) is 0.500. The predicted molar refractivity (Wildman–Crippen MR) is 67.4 cm³/mol. The van der Waals surface area contributed by atoms with Crippen LogP contribution in [0, 0.1) is 6.92 Å². The molecule has 0 aliphatic carbocycles. The molecule has 1 aliphatic heterocycles. The molecule has 0 radical (unpaired) electrons. The Morgan fingerprint density at radius 1 is 1.24 bits per heavy atom. The summed E-state index contributed by atoms with van der Waals surface area (Å²) in [5, 5.41) is 0. The van der Waals surface area contributed by atoms with E-state index in [9.17, 15) is 18.0 Å². The van der Waals surface area contributed by atoms with Crippen molar-refractivity contribution in [2.75, 3.05) is 0 Å². The van der Waals surface area contributed by atoms with Crippen LogP contribution in [0.3, 0.4) is 0 Å². The van der Waals surface area contributed by atoms with Gasteiger partial charge in [-0.15, -0.1) is 0 Å². The minimum absolute atomic E-state index is 0.129. The number of hydrogen-bond acceptors (Lipinski definition) is 4. The summed E-state index contributed by atoms with van der Waals surface area (Å²) in [6, 6.07) is 2.91. The Kier molecular flexibility index (Phi) is 3.55. The largest absolute Gasteiger partial charge is 0.480 e. The highest BCUT2D eigenvalue weighted by Gasteiger charge is 2.41. The van der Waals surface area contributed by atoms with Gasteiger partial charge < -0.3 is 14.2 Å². The number of hydrogen-bond donors (Lipinski definition) is 0. The van der Waals surface area contributed by atoms with Crippen LogP contribution in [-0.4, -0.2) is 24.0 Å². The van der Waals surface area contributed by atoms with Crippen LogP contribution in [0.5, 0.6) is 11.5 Å². The molecule has 1 unspecified atom stereocenters. The average molecular weight is 304 g/mol. The molecule has 116 valence electrons.